The Labute approximate surface area is 121 Å². The van der Waals surface area contributed by atoms with E-state index >= 15 is 0 Å². The lowest BCUT2D eigenvalue weighted by Crippen LogP contribution is -2.47. The van der Waals surface area contributed by atoms with Gasteiger partial charge in [0, 0.05) is 18.9 Å². The predicted molar refractivity (Wildman–Crippen MR) is 77.2 cm³/mol. The van der Waals surface area contributed by atoms with Gasteiger partial charge >= 0.3 is 5.97 Å². The molecule has 2 bridgehead atoms. The number of aliphatic carboxylic acids is 1. The lowest BCUT2D eigenvalue weighted by atomic mass is 9.69. The summed E-state index contributed by atoms with van der Waals surface area (Å²) in [5.41, 5.74) is 0.473. The minimum Gasteiger partial charge on any atom is -0.481 e. The average molecular weight is 281 g/mol. The lowest BCUT2D eigenvalue weighted by Gasteiger charge is -2.39. The minimum atomic E-state index is -0.835. The molecule has 1 amide bonds. The van der Waals surface area contributed by atoms with Gasteiger partial charge in [0.25, 0.3) is 0 Å². The van der Waals surface area contributed by atoms with E-state index in [9.17, 15) is 9.59 Å². The van der Waals surface area contributed by atoms with Gasteiger partial charge in [-0.05, 0) is 41.9 Å². The molecule has 4 nitrogen and oxygen atoms in total. The van der Waals surface area contributed by atoms with Gasteiger partial charge in [-0.2, -0.15) is 0 Å². The summed E-state index contributed by atoms with van der Waals surface area (Å²) in [6.07, 6.45) is 3.89. The molecule has 0 radical (unpaired) electrons. The molecule has 0 aliphatic heterocycles. The Morgan fingerprint density at radius 2 is 1.95 bits per heavy atom. The Kier molecular flexibility index (Phi) is 3.87. The number of hydrogen-bond donors (Lipinski definition) is 2. The Morgan fingerprint density at radius 1 is 1.30 bits per heavy atom. The smallest absolute Gasteiger partial charge is 0.303 e. The van der Waals surface area contributed by atoms with Gasteiger partial charge in [0.15, 0.2) is 0 Å². The first kappa shape index (κ1) is 15.3. The van der Waals surface area contributed by atoms with Gasteiger partial charge in [0.2, 0.25) is 5.91 Å². The zero-order chi connectivity index (χ0) is 15.1. The molecule has 4 heteroatoms. The molecule has 0 saturated heterocycles. The molecule has 0 aromatic carbocycles. The molecule has 20 heavy (non-hydrogen) atoms. The molecule has 4 atom stereocenters. The van der Waals surface area contributed by atoms with Crippen molar-refractivity contribution in [2.75, 3.05) is 0 Å². The van der Waals surface area contributed by atoms with Crippen molar-refractivity contribution in [1.82, 2.24) is 5.32 Å². The van der Waals surface area contributed by atoms with E-state index in [2.05, 4.69) is 26.1 Å². The van der Waals surface area contributed by atoms with Crippen LogP contribution in [0.2, 0.25) is 0 Å². The number of fused-ring (bicyclic) bond motifs is 2. The van der Waals surface area contributed by atoms with Crippen LogP contribution in [-0.2, 0) is 9.59 Å². The van der Waals surface area contributed by atoms with E-state index < -0.39 is 5.97 Å². The first-order valence-electron chi connectivity index (χ1n) is 7.68. The van der Waals surface area contributed by atoms with Crippen molar-refractivity contribution in [3.63, 3.8) is 0 Å². The Hall–Kier alpha value is -1.06. The Balaban J connectivity index is 1.92. The predicted octanol–water partition coefficient (Wildman–Crippen LogP) is 2.82. The van der Waals surface area contributed by atoms with Gasteiger partial charge in [-0.15, -0.1) is 0 Å². The summed E-state index contributed by atoms with van der Waals surface area (Å²) >= 11 is 0. The summed E-state index contributed by atoms with van der Waals surface area (Å²) in [6, 6.07) is 0.251. The summed E-state index contributed by atoms with van der Waals surface area (Å²) < 4.78 is 0. The highest BCUT2D eigenvalue weighted by atomic mass is 16.4. The van der Waals surface area contributed by atoms with Crippen LogP contribution in [0.3, 0.4) is 0 Å². The number of carbonyl (C=O) groups is 2. The van der Waals surface area contributed by atoms with E-state index in [0.717, 1.165) is 6.42 Å². The van der Waals surface area contributed by atoms with Crippen molar-refractivity contribution in [3.05, 3.63) is 0 Å². The zero-order valence-electron chi connectivity index (χ0n) is 13.0. The number of carbonyl (C=O) groups excluding carboxylic acids is 1. The second-order valence-corrected chi connectivity index (χ2v) is 7.64. The van der Waals surface area contributed by atoms with E-state index in [4.69, 9.17) is 5.11 Å². The standard InChI is InChI=1S/C16H27NO3/c1-10(8-14(19)20)7-13(18)17-12-9-11-5-6-16(12,4)15(11,2)3/h10-12H,5-9H2,1-4H3,(H,17,18)(H,19,20). The molecule has 2 aliphatic rings. The fourth-order valence-electron chi connectivity index (χ4n) is 4.36. The summed E-state index contributed by atoms with van der Waals surface area (Å²) in [5, 5.41) is 11.9. The maximum atomic E-state index is 12.1. The molecular weight excluding hydrogens is 254 g/mol. The van der Waals surface area contributed by atoms with Gasteiger partial charge in [-0.3, -0.25) is 9.59 Å². The molecule has 0 heterocycles. The van der Waals surface area contributed by atoms with Crippen LogP contribution in [0.15, 0.2) is 0 Å². The highest BCUT2D eigenvalue weighted by Gasteiger charge is 2.61. The third kappa shape index (κ3) is 2.45. The van der Waals surface area contributed by atoms with Crippen LogP contribution in [0.25, 0.3) is 0 Å². The van der Waals surface area contributed by atoms with E-state index in [0.29, 0.717) is 12.3 Å². The quantitative estimate of drug-likeness (QED) is 0.814. The number of carboxylic acids is 1. The topological polar surface area (TPSA) is 66.4 Å². The first-order chi connectivity index (χ1) is 9.16. The third-order valence-electron chi connectivity index (χ3n) is 6.19. The normalized spacial score (nSPS) is 35.8. The Morgan fingerprint density at radius 3 is 2.40 bits per heavy atom. The number of carboxylic acid groups (broad SMARTS) is 1. The molecule has 0 aromatic heterocycles. The molecule has 0 spiro atoms. The van der Waals surface area contributed by atoms with Crippen LogP contribution in [0.4, 0.5) is 0 Å². The zero-order valence-corrected chi connectivity index (χ0v) is 13.0. The SMILES string of the molecule is CC(CC(=O)O)CC(=O)NC1CC2CCC1(C)C2(C)C. The van der Waals surface area contributed by atoms with E-state index in [1.807, 2.05) is 6.92 Å². The second-order valence-electron chi connectivity index (χ2n) is 7.64. The van der Waals surface area contributed by atoms with E-state index in [1.165, 1.54) is 12.8 Å². The molecule has 114 valence electrons. The van der Waals surface area contributed by atoms with Gasteiger partial charge in [-0.1, -0.05) is 27.7 Å². The molecular formula is C16H27NO3. The summed E-state index contributed by atoms with van der Waals surface area (Å²) in [5.74, 6) is -0.229. The lowest BCUT2D eigenvalue weighted by molar-refractivity contribution is -0.138. The maximum Gasteiger partial charge on any atom is 0.303 e. The fourth-order valence-corrected chi connectivity index (χ4v) is 4.36. The van der Waals surface area contributed by atoms with Crippen molar-refractivity contribution in [1.29, 1.82) is 0 Å². The number of nitrogens with one attached hydrogen (secondary N) is 1. The van der Waals surface area contributed by atoms with Gasteiger partial charge in [0.1, 0.15) is 0 Å². The van der Waals surface area contributed by atoms with Gasteiger partial charge < -0.3 is 10.4 Å². The van der Waals surface area contributed by atoms with Crippen molar-refractivity contribution in [2.45, 2.75) is 65.8 Å². The van der Waals surface area contributed by atoms with Crippen LogP contribution in [0.1, 0.15) is 59.8 Å². The fraction of sp³-hybridized carbons (Fsp3) is 0.875. The molecule has 2 saturated carbocycles. The number of hydrogen-bond acceptors (Lipinski definition) is 2. The molecule has 2 fully saturated rings. The molecule has 2 N–H and O–H groups in total. The number of rotatable bonds is 5. The average Bonchev–Trinajstić information content (AvgIpc) is 2.60. The van der Waals surface area contributed by atoms with Crippen molar-refractivity contribution in [2.24, 2.45) is 22.7 Å². The van der Waals surface area contributed by atoms with Crippen molar-refractivity contribution >= 4 is 11.9 Å². The number of amides is 1. The van der Waals surface area contributed by atoms with Crippen LogP contribution in [0.5, 0.6) is 0 Å². The summed E-state index contributed by atoms with van der Waals surface area (Å²) in [4.78, 5) is 22.8. The van der Waals surface area contributed by atoms with Crippen molar-refractivity contribution in [3.8, 4) is 0 Å². The molecule has 2 aliphatic carbocycles. The molecule has 4 unspecified atom stereocenters. The highest BCUT2D eigenvalue weighted by molar-refractivity contribution is 5.77. The van der Waals surface area contributed by atoms with Crippen molar-refractivity contribution < 1.29 is 14.7 Å². The van der Waals surface area contributed by atoms with Crippen LogP contribution in [0, 0.1) is 22.7 Å². The minimum absolute atomic E-state index is 0.00771. The molecule has 2 rings (SSSR count). The first-order valence-corrected chi connectivity index (χ1v) is 7.68. The van der Waals surface area contributed by atoms with E-state index in [-0.39, 0.29) is 35.1 Å². The maximum absolute atomic E-state index is 12.1. The van der Waals surface area contributed by atoms with E-state index in [1.54, 1.807) is 0 Å². The molecule has 0 aromatic rings. The Bertz CT molecular complexity index is 418. The van der Waals surface area contributed by atoms with Crippen LogP contribution < -0.4 is 5.32 Å². The van der Waals surface area contributed by atoms with Crippen LogP contribution in [-0.4, -0.2) is 23.0 Å². The summed E-state index contributed by atoms with van der Waals surface area (Å²) in [7, 11) is 0. The monoisotopic (exact) mass is 281 g/mol. The second kappa shape index (κ2) is 5.05. The largest absolute Gasteiger partial charge is 0.481 e. The third-order valence-corrected chi connectivity index (χ3v) is 6.19. The highest BCUT2D eigenvalue weighted by Crippen LogP contribution is 2.65. The van der Waals surface area contributed by atoms with Gasteiger partial charge in [0.05, 0.1) is 0 Å². The van der Waals surface area contributed by atoms with Gasteiger partial charge in [-0.25, -0.2) is 0 Å². The summed E-state index contributed by atoms with van der Waals surface area (Å²) in [6.45, 7) is 8.76. The van der Waals surface area contributed by atoms with Crippen LogP contribution >= 0.6 is 0 Å².